The van der Waals surface area contributed by atoms with E-state index in [9.17, 15) is 0 Å². The van der Waals surface area contributed by atoms with Crippen LogP contribution in [-0.4, -0.2) is 14.8 Å². The minimum absolute atomic E-state index is 0.216. The molecule has 96 valence electrons. The molecule has 0 spiro atoms. The summed E-state index contributed by atoms with van der Waals surface area (Å²) in [5.41, 5.74) is 9.32. The number of aryl methyl sites for hydroxylation is 1. The van der Waals surface area contributed by atoms with Crippen LogP contribution in [0.25, 0.3) is 10.9 Å². The molecule has 2 aromatic heterocycles. The SMILES string of the molecule is Cn1ncc(Br)c1C(N)c1ccc2ncccc2c1. The van der Waals surface area contributed by atoms with Crippen LogP contribution >= 0.6 is 15.9 Å². The molecule has 19 heavy (non-hydrogen) atoms. The van der Waals surface area contributed by atoms with Crippen molar-refractivity contribution in [1.29, 1.82) is 0 Å². The molecule has 0 aliphatic rings. The fraction of sp³-hybridized carbons (Fsp3) is 0.143. The van der Waals surface area contributed by atoms with Gasteiger partial charge in [0.2, 0.25) is 0 Å². The smallest absolute Gasteiger partial charge is 0.0735 e. The largest absolute Gasteiger partial charge is 0.319 e. The molecule has 0 aliphatic carbocycles. The van der Waals surface area contributed by atoms with Crippen LogP contribution in [0.5, 0.6) is 0 Å². The fourth-order valence-corrected chi connectivity index (χ4v) is 2.81. The molecule has 0 amide bonds. The molecule has 0 aliphatic heterocycles. The van der Waals surface area contributed by atoms with E-state index < -0.39 is 0 Å². The number of pyridine rings is 1. The lowest BCUT2D eigenvalue weighted by molar-refractivity contribution is 0.671. The van der Waals surface area contributed by atoms with Gasteiger partial charge in [0, 0.05) is 18.6 Å². The monoisotopic (exact) mass is 316 g/mol. The maximum absolute atomic E-state index is 6.34. The number of nitrogens with zero attached hydrogens (tertiary/aromatic N) is 3. The normalized spacial score (nSPS) is 12.8. The van der Waals surface area contributed by atoms with Crippen molar-refractivity contribution in [3.8, 4) is 0 Å². The van der Waals surface area contributed by atoms with E-state index >= 15 is 0 Å². The van der Waals surface area contributed by atoms with Crippen molar-refractivity contribution < 1.29 is 0 Å². The van der Waals surface area contributed by atoms with Crippen LogP contribution in [-0.2, 0) is 7.05 Å². The zero-order chi connectivity index (χ0) is 13.4. The molecular weight excluding hydrogens is 304 g/mol. The molecule has 2 N–H and O–H groups in total. The standard InChI is InChI=1S/C14H13BrN4/c1-19-14(11(15)8-18-19)13(16)10-4-5-12-9(7-10)3-2-6-17-12/h2-8,13H,16H2,1H3. The molecule has 3 rings (SSSR count). The Balaban J connectivity index is 2.09. The third-order valence-electron chi connectivity index (χ3n) is 3.22. The number of aromatic nitrogens is 3. The van der Waals surface area contributed by atoms with Gasteiger partial charge in [-0.1, -0.05) is 12.1 Å². The highest BCUT2D eigenvalue weighted by Crippen LogP contribution is 2.27. The van der Waals surface area contributed by atoms with Crippen LogP contribution in [0.1, 0.15) is 17.3 Å². The summed E-state index contributed by atoms with van der Waals surface area (Å²) >= 11 is 3.49. The lowest BCUT2D eigenvalue weighted by Gasteiger charge is -2.14. The summed E-state index contributed by atoms with van der Waals surface area (Å²) in [7, 11) is 1.89. The van der Waals surface area contributed by atoms with Gasteiger partial charge in [0.25, 0.3) is 0 Å². The first-order valence-electron chi connectivity index (χ1n) is 5.94. The molecule has 1 atom stereocenters. The number of nitrogens with two attached hydrogens (primary N) is 1. The molecule has 0 saturated carbocycles. The van der Waals surface area contributed by atoms with Crippen molar-refractivity contribution in [3.63, 3.8) is 0 Å². The quantitative estimate of drug-likeness (QED) is 0.791. The average molecular weight is 317 g/mol. The zero-order valence-electron chi connectivity index (χ0n) is 10.4. The third-order valence-corrected chi connectivity index (χ3v) is 3.83. The highest BCUT2D eigenvalue weighted by molar-refractivity contribution is 9.10. The van der Waals surface area contributed by atoms with Crippen molar-refractivity contribution >= 4 is 26.8 Å². The lowest BCUT2D eigenvalue weighted by Crippen LogP contribution is -2.16. The number of hydrogen-bond donors (Lipinski definition) is 1. The first kappa shape index (κ1) is 12.3. The highest BCUT2D eigenvalue weighted by atomic mass is 79.9. The average Bonchev–Trinajstić information content (AvgIpc) is 2.77. The van der Waals surface area contributed by atoms with Crippen molar-refractivity contribution in [3.05, 3.63) is 58.5 Å². The van der Waals surface area contributed by atoms with Gasteiger partial charge in [0.1, 0.15) is 0 Å². The van der Waals surface area contributed by atoms with Gasteiger partial charge in [-0.15, -0.1) is 0 Å². The highest BCUT2D eigenvalue weighted by Gasteiger charge is 2.17. The van der Waals surface area contributed by atoms with Gasteiger partial charge in [-0.05, 0) is 39.7 Å². The summed E-state index contributed by atoms with van der Waals surface area (Å²) < 4.78 is 2.72. The molecule has 0 radical (unpaired) electrons. The second kappa shape index (κ2) is 4.75. The van der Waals surface area contributed by atoms with E-state index in [4.69, 9.17) is 5.73 Å². The number of rotatable bonds is 2. The Morgan fingerprint density at radius 3 is 2.89 bits per heavy atom. The summed E-state index contributed by atoms with van der Waals surface area (Å²) in [4.78, 5) is 4.31. The molecule has 1 unspecified atom stereocenters. The van der Waals surface area contributed by atoms with Gasteiger partial charge in [-0.3, -0.25) is 9.67 Å². The number of halogens is 1. The lowest BCUT2D eigenvalue weighted by atomic mass is 10.0. The predicted octanol–water partition coefficient (Wildman–Crippen LogP) is 2.78. The summed E-state index contributed by atoms with van der Waals surface area (Å²) in [5.74, 6) is 0. The molecule has 0 saturated heterocycles. The van der Waals surface area contributed by atoms with Crippen LogP contribution < -0.4 is 5.73 Å². The molecule has 4 nitrogen and oxygen atoms in total. The van der Waals surface area contributed by atoms with E-state index in [0.29, 0.717) is 0 Å². The molecule has 0 fully saturated rings. The molecule has 5 heteroatoms. The maximum atomic E-state index is 6.34. The van der Waals surface area contributed by atoms with Crippen LogP contribution in [0.15, 0.2) is 47.2 Å². The van der Waals surface area contributed by atoms with Gasteiger partial charge in [-0.2, -0.15) is 5.10 Å². The first-order valence-corrected chi connectivity index (χ1v) is 6.74. The van der Waals surface area contributed by atoms with Crippen LogP contribution in [0.2, 0.25) is 0 Å². The second-order valence-electron chi connectivity index (χ2n) is 4.43. The molecule has 2 heterocycles. The third kappa shape index (κ3) is 2.15. The Morgan fingerprint density at radius 2 is 2.16 bits per heavy atom. The van der Waals surface area contributed by atoms with Crippen LogP contribution in [0.3, 0.4) is 0 Å². The minimum atomic E-state index is -0.216. The van der Waals surface area contributed by atoms with E-state index in [1.807, 2.05) is 31.3 Å². The summed E-state index contributed by atoms with van der Waals surface area (Å²) in [6, 6.07) is 9.83. The first-order chi connectivity index (χ1) is 9.16. The minimum Gasteiger partial charge on any atom is -0.319 e. The Bertz CT molecular complexity index is 716. The van der Waals surface area contributed by atoms with Gasteiger partial charge in [0.05, 0.1) is 27.9 Å². The van der Waals surface area contributed by atoms with E-state index in [1.165, 1.54) is 0 Å². The number of benzene rings is 1. The van der Waals surface area contributed by atoms with Crippen molar-refractivity contribution in [1.82, 2.24) is 14.8 Å². The molecule has 1 aromatic carbocycles. The van der Waals surface area contributed by atoms with E-state index in [2.05, 4.69) is 32.1 Å². The van der Waals surface area contributed by atoms with Crippen LogP contribution in [0, 0.1) is 0 Å². The Labute approximate surface area is 119 Å². The summed E-state index contributed by atoms with van der Waals surface area (Å²) in [6.07, 6.45) is 3.55. The van der Waals surface area contributed by atoms with Crippen LogP contribution in [0.4, 0.5) is 0 Å². The van der Waals surface area contributed by atoms with Crippen molar-refractivity contribution in [2.45, 2.75) is 6.04 Å². The maximum Gasteiger partial charge on any atom is 0.0735 e. The fourth-order valence-electron chi connectivity index (χ4n) is 2.22. The Kier molecular flexibility index (Phi) is 3.08. The molecule has 0 bridgehead atoms. The van der Waals surface area contributed by atoms with Gasteiger partial charge in [0.15, 0.2) is 0 Å². The van der Waals surface area contributed by atoms with Crippen molar-refractivity contribution in [2.75, 3.05) is 0 Å². The predicted molar refractivity (Wildman–Crippen MR) is 78.7 cm³/mol. The Hall–Kier alpha value is -1.72. The number of hydrogen-bond acceptors (Lipinski definition) is 3. The van der Waals surface area contributed by atoms with Crippen molar-refractivity contribution in [2.24, 2.45) is 12.8 Å². The van der Waals surface area contributed by atoms with E-state index in [1.54, 1.807) is 17.1 Å². The molecule has 3 aromatic rings. The van der Waals surface area contributed by atoms with E-state index in [0.717, 1.165) is 26.6 Å². The molecular formula is C14H13BrN4. The zero-order valence-corrected chi connectivity index (χ0v) is 12.0. The second-order valence-corrected chi connectivity index (χ2v) is 5.29. The van der Waals surface area contributed by atoms with Gasteiger partial charge in [-0.25, -0.2) is 0 Å². The van der Waals surface area contributed by atoms with E-state index in [-0.39, 0.29) is 6.04 Å². The summed E-state index contributed by atoms with van der Waals surface area (Å²) in [5, 5.41) is 5.29. The van der Waals surface area contributed by atoms with Gasteiger partial charge >= 0.3 is 0 Å². The topological polar surface area (TPSA) is 56.7 Å². The number of fused-ring (bicyclic) bond motifs is 1. The van der Waals surface area contributed by atoms with Gasteiger partial charge < -0.3 is 5.73 Å². The Morgan fingerprint density at radius 1 is 1.32 bits per heavy atom. The summed E-state index contributed by atoms with van der Waals surface area (Å²) in [6.45, 7) is 0.